The van der Waals surface area contributed by atoms with E-state index in [1.54, 1.807) is 0 Å². The van der Waals surface area contributed by atoms with Gasteiger partial charge in [-0.3, -0.25) is 0 Å². The Morgan fingerprint density at radius 2 is 1.86 bits per heavy atom. The molecule has 0 atom stereocenters. The first-order chi connectivity index (χ1) is 2.71. The van der Waals surface area contributed by atoms with Gasteiger partial charge in [0.1, 0.15) is 0 Å². The van der Waals surface area contributed by atoms with E-state index >= 15 is 0 Å². The molecule has 1 nitrogen and oxygen atoms in total. The molecule has 0 unspecified atom stereocenters. The molecule has 0 aromatic heterocycles. The van der Waals surface area contributed by atoms with E-state index in [1.165, 1.54) is 0 Å². The molecule has 0 aliphatic carbocycles. The van der Waals surface area contributed by atoms with Gasteiger partial charge < -0.3 is 11.7 Å². The molecule has 0 radical (unpaired) electrons. The first kappa shape index (κ1) is 5.96. The second-order valence-corrected chi connectivity index (χ2v) is 2.30. The SMILES string of the molecule is [CH2-]C1(C)COC1.[Rf]. The van der Waals surface area contributed by atoms with E-state index in [0.717, 1.165) is 13.2 Å². The van der Waals surface area contributed by atoms with E-state index in [9.17, 15) is 0 Å². The van der Waals surface area contributed by atoms with Crippen LogP contribution in [0.15, 0.2) is 0 Å². The summed E-state index contributed by atoms with van der Waals surface area (Å²) in [6, 6.07) is 0. The summed E-state index contributed by atoms with van der Waals surface area (Å²) in [5, 5.41) is 0. The quantitative estimate of drug-likeness (QED) is 0.588. The van der Waals surface area contributed by atoms with Crippen molar-refractivity contribution in [2.24, 2.45) is 5.41 Å². The average molecular weight is 352 g/mol. The minimum absolute atomic E-state index is 0. The van der Waals surface area contributed by atoms with Crippen LogP contribution >= 0.6 is 0 Å². The van der Waals surface area contributed by atoms with Crippen LogP contribution in [-0.4, -0.2) is 13.2 Å². The van der Waals surface area contributed by atoms with Gasteiger partial charge in [-0.1, -0.05) is 6.92 Å². The van der Waals surface area contributed by atoms with Crippen LogP contribution < -0.4 is 0 Å². The maximum Gasteiger partial charge on any atom is 0.0266 e. The molecule has 0 N–H and O–H groups in total. The topological polar surface area (TPSA) is 9.23 Å². The molecule has 1 saturated heterocycles. The normalized spacial score (nSPS) is 24.9. The van der Waals surface area contributed by atoms with Crippen LogP contribution in [0.4, 0.5) is 0 Å². The van der Waals surface area contributed by atoms with Crippen molar-refractivity contribution in [1.82, 2.24) is 0 Å². The van der Waals surface area contributed by atoms with Crippen LogP contribution in [0.3, 0.4) is 0 Å². The molecule has 1 fully saturated rings. The van der Waals surface area contributed by atoms with E-state index in [2.05, 4.69) is 13.8 Å². The van der Waals surface area contributed by atoms with Gasteiger partial charge in [0.15, 0.2) is 0 Å². The molecule has 0 aromatic rings. The van der Waals surface area contributed by atoms with Crippen LogP contribution in [0.2, 0.25) is 0 Å². The molecule has 0 aromatic carbocycles. The second kappa shape index (κ2) is 1.23. The fraction of sp³-hybridized carbons (Fsp3) is 0.800. The smallest absolute Gasteiger partial charge is 0.0266 e. The average Bonchev–Trinajstić information content (AvgIpc) is 1.32. The second-order valence-electron chi connectivity index (χ2n) is 2.30. The number of ether oxygens (including phenoxy) is 1. The van der Waals surface area contributed by atoms with Gasteiger partial charge in [-0.25, -0.2) is 0 Å². The van der Waals surface area contributed by atoms with Gasteiger partial charge >= 0.3 is 0 Å². The van der Waals surface area contributed by atoms with Crippen LogP contribution in [0.5, 0.6) is 0 Å². The summed E-state index contributed by atoms with van der Waals surface area (Å²) in [5.74, 6) is 0. The molecular weight excluding hydrogens is 343 g/mol. The van der Waals surface area contributed by atoms with Gasteiger partial charge in [-0.2, -0.15) is 0 Å². The third-order valence-corrected chi connectivity index (χ3v) is 0.901. The van der Waals surface area contributed by atoms with Crippen LogP contribution in [0.25, 0.3) is 0 Å². The predicted octanol–water partition coefficient (Wildman–Crippen LogP) is 0.857. The Morgan fingerprint density at radius 1 is 1.57 bits per heavy atom. The zero-order valence-corrected chi connectivity index (χ0v) is 11.1. The summed E-state index contributed by atoms with van der Waals surface area (Å²) in [6.45, 7) is 7.62. The fourth-order valence-corrected chi connectivity index (χ4v) is 0.451. The molecule has 7 heavy (non-hydrogen) atoms. The standard InChI is InChI=1S/C5H9O.Rf/c1-5(2)3-6-4-5;/h1,3-4H2,2H3;/q-1;. The van der Waals surface area contributed by atoms with Crippen LogP contribution in [0, 0.1) is 12.3 Å². The zero-order chi connectivity index (χ0) is 4.62. The van der Waals surface area contributed by atoms with E-state index in [4.69, 9.17) is 4.74 Å². The predicted molar refractivity (Wildman–Crippen MR) is 24.3 cm³/mol. The van der Waals surface area contributed by atoms with Crippen LogP contribution in [0.1, 0.15) is 6.92 Å². The summed E-state index contributed by atoms with van der Waals surface area (Å²) in [6.07, 6.45) is 0. The maximum atomic E-state index is 4.88. The fourth-order valence-electron chi connectivity index (χ4n) is 0.451. The van der Waals surface area contributed by atoms with Crippen molar-refractivity contribution >= 4 is 0 Å². The number of hydrogen-bond donors (Lipinski definition) is 0. The Hall–Kier alpha value is -1.04. The van der Waals surface area contributed by atoms with E-state index in [1.807, 2.05) is 0 Å². The Kier molecular flexibility index (Phi) is 1.05. The van der Waals surface area contributed by atoms with Crippen molar-refractivity contribution in [3.63, 3.8) is 0 Å². The van der Waals surface area contributed by atoms with E-state index in [-0.39, 0.29) is 5.41 Å². The molecule has 0 amide bonds. The Labute approximate surface area is 38.3 Å². The summed E-state index contributed by atoms with van der Waals surface area (Å²) >= 11 is 0. The molecule has 2 heteroatoms. The molecule has 1 aliphatic rings. The molecule has 38 valence electrons. The maximum absolute atomic E-state index is 4.88. The minimum atomic E-state index is 0. The van der Waals surface area contributed by atoms with Crippen molar-refractivity contribution in [3.8, 4) is 0 Å². The van der Waals surface area contributed by atoms with Gasteiger partial charge in [0, 0.05) is 13.2 Å². The van der Waals surface area contributed by atoms with Gasteiger partial charge in [-0.15, -0.1) is 5.41 Å². The van der Waals surface area contributed by atoms with Gasteiger partial charge in [-0.05, 0) is 0 Å². The minimum Gasteiger partial charge on any atom is -0.386 e. The third-order valence-electron chi connectivity index (χ3n) is 0.901. The van der Waals surface area contributed by atoms with Crippen molar-refractivity contribution in [1.29, 1.82) is 0 Å². The summed E-state index contributed by atoms with van der Waals surface area (Å²) in [7, 11) is 0. The largest absolute Gasteiger partial charge is 0.386 e. The van der Waals surface area contributed by atoms with Crippen molar-refractivity contribution in [3.05, 3.63) is 6.92 Å². The Balaban J connectivity index is 0.000000360. The van der Waals surface area contributed by atoms with E-state index < -0.39 is 0 Å². The van der Waals surface area contributed by atoms with E-state index in [0.29, 0.717) is 0 Å². The molecule has 0 spiro atoms. The van der Waals surface area contributed by atoms with Gasteiger partial charge in [0.25, 0.3) is 0 Å². The van der Waals surface area contributed by atoms with Crippen molar-refractivity contribution in [2.45, 2.75) is 6.92 Å². The monoisotopic (exact) mass is 352 g/mol. The molecule has 1 rings (SSSR count). The first-order valence-corrected chi connectivity index (χ1v) is 2.14. The third kappa shape index (κ3) is 0.897. The number of hydrogen-bond acceptors (Lipinski definition) is 1. The molecule has 1 aliphatic heterocycles. The van der Waals surface area contributed by atoms with Gasteiger partial charge in [0.2, 0.25) is 0 Å². The molecule has 0 saturated carbocycles. The summed E-state index contributed by atoms with van der Waals surface area (Å²) in [5.41, 5.74) is 0.250. The summed E-state index contributed by atoms with van der Waals surface area (Å²) < 4.78 is 4.88. The van der Waals surface area contributed by atoms with Gasteiger partial charge in [0.05, 0.1) is 0 Å². The molecule has 1 heterocycles. The Bertz CT molecular complexity index is 55.1. The van der Waals surface area contributed by atoms with Crippen molar-refractivity contribution < 1.29 is 4.74 Å². The number of rotatable bonds is 0. The summed E-state index contributed by atoms with van der Waals surface area (Å²) in [4.78, 5) is 0. The van der Waals surface area contributed by atoms with Crippen LogP contribution in [-0.2, 0) is 4.74 Å². The zero-order valence-electron chi connectivity index (χ0n) is 4.74. The first-order valence-electron chi connectivity index (χ1n) is 2.14. The van der Waals surface area contributed by atoms with Crippen molar-refractivity contribution in [2.75, 3.05) is 13.2 Å². The Morgan fingerprint density at radius 3 is 1.86 bits per heavy atom. The molecule has 0 bridgehead atoms. The molecular formula is C5H9ORf-.